The summed E-state index contributed by atoms with van der Waals surface area (Å²) in [6.07, 6.45) is 0.0803. The Bertz CT molecular complexity index is 966. The van der Waals surface area contributed by atoms with Crippen molar-refractivity contribution in [1.82, 2.24) is 5.43 Å². The SMILES string of the molecule is COc1ccc(C(=O)N/N=C(/CC(=O)c2ccccc2)c2ccccc2)cc1. The summed E-state index contributed by atoms with van der Waals surface area (Å²) in [5.74, 6) is 0.239. The van der Waals surface area contributed by atoms with Crippen LogP contribution in [0.4, 0.5) is 0 Å². The number of nitrogens with zero attached hydrogens (tertiary/aromatic N) is 1. The third-order valence-electron chi connectivity index (χ3n) is 4.18. The second-order valence-corrected chi connectivity index (χ2v) is 6.06. The lowest BCUT2D eigenvalue weighted by Crippen LogP contribution is -2.21. The van der Waals surface area contributed by atoms with Crippen LogP contribution in [0.5, 0.6) is 5.75 Å². The number of carbonyl (C=O) groups excluding carboxylic acids is 2. The van der Waals surface area contributed by atoms with Crippen molar-refractivity contribution >= 4 is 17.4 Å². The van der Waals surface area contributed by atoms with Gasteiger partial charge in [-0.05, 0) is 29.8 Å². The van der Waals surface area contributed by atoms with Gasteiger partial charge in [-0.15, -0.1) is 0 Å². The summed E-state index contributed by atoms with van der Waals surface area (Å²) in [4.78, 5) is 25.0. The van der Waals surface area contributed by atoms with Crippen LogP contribution in [0.3, 0.4) is 0 Å². The van der Waals surface area contributed by atoms with E-state index in [1.165, 1.54) is 0 Å². The molecule has 0 unspecified atom stereocenters. The number of methoxy groups -OCH3 is 1. The zero-order valence-electron chi connectivity index (χ0n) is 15.5. The van der Waals surface area contributed by atoms with Gasteiger partial charge < -0.3 is 4.74 Å². The molecule has 140 valence electrons. The summed E-state index contributed by atoms with van der Waals surface area (Å²) in [6.45, 7) is 0. The Morgan fingerprint density at radius 1 is 0.786 bits per heavy atom. The van der Waals surface area contributed by atoms with E-state index in [0.717, 1.165) is 5.56 Å². The highest BCUT2D eigenvalue weighted by Crippen LogP contribution is 2.12. The van der Waals surface area contributed by atoms with Crippen LogP contribution >= 0.6 is 0 Å². The minimum absolute atomic E-state index is 0.0677. The van der Waals surface area contributed by atoms with Gasteiger partial charge in [0.05, 0.1) is 19.2 Å². The standard InChI is InChI=1S/C23H20N2O3/c1-28-20-14-12-19(13-15-20)23(27)25-24-21(17-8-4-2-5-9-17)16-22(26)18-10-6-3-7-11-18/h2-15H,16H2,1H3,(H,25,27)/b24-21-. The molecule has 1 amide bonds. The minimum Gasteiger partial charge on any atom is -0.497 e. The predicted octanol–water partition coefficient (Wildman–Crippen LogP) is 4.10. The molecule has 3 aromatic carbocycles. The molecule has 1 N–H and O–H groups in total. The lowest BCUT2D eigenvalue weighted by molar-refractivity contribution is 0.0951. The first kappa shape index (κ1) is 19.0. The second kappa shape index (κ2) is 9.28. The summed E-state index contributed by atoms with van der Waals surface area (Å²) in [6, 6.07) is 25.1. The van der Waals surface area contributed by atoms with E-state index in [0.29, 0.717) is 22.6 Å². The number of rotatable bonds is 7. The molecule has 0 aliphatic rings. The summed E-state index contributed by atoms with van der Waals surface area (Å²) in [7, 11) is 1.56. The maximum atomic E-state index is 12.6. The van der Waals surface area contributed by atoms with Crippen LogP contribution in [0.15, 0.2) is 90.0 Å². The lowest BCUT2D eigenvalue weighted by atomic mass is 10.0. The first-order valence-electron chi connectivity index (χ1n) is 8.82. The quantitative estimate of drug-likeness (QED) is 0.386. The Balaban J connectivity index is 1.80. The Hall–Kier alpha value is -3.73. The third-order valence-corrected chi connectivity index (χ3v) is 4.18. The summed E-state index contributed by atoms with van der Waals surface area (Å²) in [5.41, 5.74) is 4.88. The number of carbonyl (C=O) groups is 2. The van der Waals surface area contributed by atoms with Crippen LogP contribution < -0.4 is 10.2 Å². The van der Waals surface area contributed by atoms with Gasteiger partial charge in [0.1, 0.15) is 5.75 Å². The van der Waals surface area contributed by atoms with Gasteiger partial charge in [-0.3, -0.25) is 9.59 Å². The molecule has 0 aliphatic heterocycles. The van der Waals surface area contributed by atoms with Gasteiger partial charge in [-0.25, -0.2) is 5.43 Å². The number of Topliss-reactive ketones (excluding diaryl/α,β-unsaturated/α-hetero) is 1. The van der Waals surface area contributed by atoms with E-state index in [1.54, 1.807) is 43.5 Å². The predicted molar refractivity (Wildman–Crippen MR) is 109 cm³/mol. The molecule has 0 saturated carbocycles. The van der Waals surface area contributed by atoms with Gasteiger partial charge >= 0.3 is 0 Å². The van der Waals surface area contributed by atoms with Gasteiger partial charge in [0.2, 0.25) is 0 Å². The number of amides is 1. The van der Waals surface area contributed by atoms with Gasteiger partial charge in [0.15, 0.2) is 5.78 Å². The maximum absolute atomic E-state index is 12.6. The highest BCUT2D eigenvalue weighted by Gasteiger charge is 2.13. The van der Waals surface area contributed by atoms with Crippen LogP contribution in [0, 0.1) is 0 Å². The van der Waals surface area contributed by atoms with E-state index in [4.69, 9.17) is 4.74 Å². The third kappa shape index (κ3) is 4.92. The number of hydrazone groups is 1. The molecule has 0 aromatic heterocycles. The van der Waals surface area contributed by atoms with E-state index < -0.39 is 0 Å². The van der Waals surface area contributed by atoms with E-state index in [-0.39, 0.29) is 18.1 Å². The van der Waals surface area contributed by atoms with Crippen molar-refractivity contribution < 1.29 is 14.3 Å². The van der Waals surface area contributed by atoms with Crippen LogP contribution in [0.2, 0.25) is 0 Å². The zero-order chi connectivity index (χ0) is 19.8. The topological polar surface area (TPSA) is 67.8 Å². The normalized spacial score (nSPS) is 11.0. The molecule has 0 heterocycles. The van der Waals surface area contributed by atoms with Crippen LogP contribution in [0.25, 0.3) is 0 Å². The Kier molecular flexibility index (Phi) is 6.31. The van der Waals surface area contributed by atoms with Gasteiger partial charge in [0.25, 0.3) is 5.91 Å². The Labute approximate surface area is 163 Å². The van der Waals surface area contributed by atoms with Crippen LogP contribution in [-0.2, 0) is 0 Å². The number of nitrogens with one attached hydrogen (secondary N) is 1. The summed E-state index contributed by atoms with van der Waals surface area (Å²) < 4.78 is 5.09. The fourth-order valence-electron chi connectivity index (χ4n) is 2.64. The van der Waals surface area contributed by atoms with Crippen molar-refractivity contribution in [2.45, 2.75) is 6.42 Å². The number of benzene rings is 3. The fraction of sp³-hybridized carbons (Fsp3) is 0.0870. The fourth-order valence-corrected chi connectivity index (χ4v) is 2.64. The van der Waals surface area contributed by atoms with E-state index in [1.807, 2.05) is 48.5 Å². The summed E-state index contributed by atoms with van der Waals surface area (Å²) in [5, 5.41) is 4.24. The van der Waals surface area contributed by atoms with Crippen molar-refractivity contribution in [3.05, 3.63) is 102 Å². The minimum atomic E-state index is -0.358. The van der Waals surface area contributed by atoms with Crippen molar-refractivity contribution in [1.29, 1.82) is 0 Å². The molecule has 0 aliphatic carbocycles. The van der Waals surface area contributed by atoms with Crippen molar-refractivity contribution in [3.63, 3.8) is 0 Å². The molecule has 3 aromatic rings. The van der Waals surface area contributed by atoms with Crippen LogP contribution in [-0.4, -0.2) is 24.5 Å². The van der Waals surface area contributed by atoms with E-state index >= 15 is 0 Å². The molecule has 3 rings (SSSR count). The molecule has 5 nitrogen and oxygen atoms in total. The molecule has 5 heteroatoms. The van der Waals surface area contributed by atoms with Crippen molar-refractivity contribution in [2.75, 3.05) is 7.11 Å². The van der Waals surface area contributed by atoms with Gasteiger partial charge in [0, 0.05) is 11.1 Å². The average molecular weight is 372 g/mol. The first-order valence-corrected chi connectivity index (χ1v) is 8.82. The lowest BCUT2D eigenvalue weighted by Gasteiger charge is -2.08. The second-order valence-electron chi connectivity index (χ2n) is 6.06. The first-order chi connectivity index (χ1) is 13.7. The smallest absolute Gasteiger partial charge is 0.271 e. The van der Waals surface area contributed by atoms with E-state index in [9.17, 15) is 9.59 Å². The molecule has 0 fully saturated rings. The monoisotopic (exact) mass is 372 g/mol. The molecule has 0 atom stereocenters. The van der Waals surface area contributed by atoms with Gasteiger partial charge in [-0.2, -0.15) is 5.10 Å². The number of ketones is 1. The largest absolute Gasteiger partial charge is 0.497 e. The number of hydrogen-bond donors (Lipinski definition) is 1. The van der Waals surface area contributed by atoms with Gasteiger partial charge in [-0.1, -0.05) is 60.7 Å². The highest BCUT2D eigenvalue weighted by atomic mass is 16.5. The van der Waals surface area contributed by atoms with Crippen molar-refractivity contribution in [3.8, 4) is 5.75 Å². The molecule has 0 bridgehead atoms. The highest BCUT2D eigenvalue weighted by molar-refractivity contribution is 6.16. The maximum Gasteiger partial charge on any atom is 0.271 e. The summed E-state index contributed by atoms with van der Waals surface area (Å²) >= 11 is 0. The molecule has 28 heavy (non-hydrogen) atoms. The molecular weight excluding hydrogens is 352 g/mol. The zero-order valence-corrected chi connectivity index (χ0v) is 15.5. The Morgan fingerprint density at radius 2 is 1.36 bits per heavy atom. The molecule has 0 saturated heterocycles. The number of hydrogen-bond acceptors (Lipinski definition) is 4. The molecule has 0 radical (unpaired) electrons. The molecular formula is C23H20N2O3. The Morgan fingerprint density at radius 3 is 1.93 bits per heavy atom. The molecule has 0 spiro atoms. The van der Waals surface area contributed by atoms with E-state index in [2.05, 4.69) is 10.5 Å². The van der Waals surface area contributed by atoms with Crippen molar-refractivity contribution in [2.24, 2.45) is 5.10 Å². The average Bonchev–Trinajstić information content (AvgIpc) is 2.77. The van der Waals surface area contributed by atoms with Crippen LogP contribution in [0.1, 0.15) is 32.7 Å². The number of ether oxygens (including phenoxy) is 1.